The summed E-state index contributed by atoms with van der Waals surface area (Å²) in [5, 5.41) is 8.87. The number of fused-ring (bicyclic) bond motifs is 1. The van der Waals surface area contributed by atoms with Crippen molar-refractivity contribution in [2.75, 3.05) is 5.75 Å². The van der Waals surface area contributed by atoms with E-state index >= 15 is 0 Å². The van der Waals surface area contributed by atoms with Gasteiger partial charge >= 0.3 is 0 Å². The molecular weight excluding hydrogens is 234 g/mol. The van der Waals surface area contributed by atoms with E-state index in [4.69, 9.17) is 0 Å². The topological polar surface area (TPSA) is 47.8 Å². The lowest BCUT2D eigenvalue weighted by atomic mass is 10.1. The van der Waals surface area contributed by atoms with Crippen LogP contribution in [0.5, 0.6) is 0 Å². The van der Waals surface area contributed by atoms with Gasteiger partial charge in [0.15, 0.2) is 10.9 Å². The Morgan fingerprint density at radius 1 is 1.24 bits per heavy atom. The summed E-state index contributed by atoms with van der Waals surface area (Å²) in [6, 6.07) is 7.78. The summed E-state index contributed by atoms with van der Waals surface area (Å²) in [7, 11) is 0. The van der Waals surface area contributed by atoms with Crippen LogP contribution in [-0.2, 0) is 6.54 Å². The number of nitrogens with zero attached hydrogens (tertiary/aromatic N) is 3. The molecule has 0 aliphatic carbocycles. The van der Waals surface area contributed by atoms with E-state index in [0.717, 1.165) is 23.0 Å². The first kappa shape index (κ1) is 10.5. The highest BCUT2D eigenvalue weighted by Gasteiger charge is 2.18. The summed E-state index contributed by atoms with van der Waals surface area (Å²) in [5.74, 6) is 0.904. The minimum Gasteiger partial charge on any atom is -0.283 e. The van der Waals surface area contributed by atoms with Crippen LogP contribution in [0.3, 0.4) is 0 Å². The first-order valence-electron chi connectivity index (χ1n) is 5.43. The second-order valence-corrected chi connectivity index (χ2v) is 5.06. The third-order valence-corrected chi connectivity index (χ3v) is 3.73. The van der Waals surface area contributed by atoms with E-state index in [1.807, 2.05) is 31.2 Å². The lowest BCUT2D eigenvalue weighted by Crippen LogP contribution is -2.23. The van der Waals surface area contributed by atoms with Crippen molar-refractivity contribution in [2.45, 2.75) is 18.6 Å². The van der Waals surface area contributed by atoms with Gasteiger partial charge in [-0.1, -0.05) is 41.6 Å². The zero-order valence-electron chi connectivity index (χ0n) is 9.38. The summed E-state index contributed by atoms with van der Waals surface area (Å²) < 4.78 is 1.70. The fourth-order valence-corrected chi connectivity index (χ4v) is 2.71. The van der Waals surface area contributed by atoms with Crippen LogP contribution in [0.4, 0.5) is 0 Å². The zero-order valence-corrected chi connectivity index (χ0v) is 10.2. The Hall–Kier alpha value is -1.62. The fourth-order valence-electron chi connectivity index (χ4n) is 1.83. The summed E-state index contributed by atoms with van der Waals surface area (Å²) in [5.41, 5.74) is 2.40. The van der Waals surface area contributed by atoms with E-state index in [2.05, 4.69) is 10.2 Å². The van der Waals surface area contributed by atoms with E-state index in [9.17, 15) is 4.79 Å². The van der Waals surface area contributed by atoms with Crippen molar-refractivity contribution >= 4 is 11.8 Å². The molecule has 0 fully saturated rings. The van der Waals surface area contributed by atoms with Gasteiger partial charge in [-0.2, -0.15) is 0 Å². The molecule has 0 bridgehead atoms. The van der Waals surface area contributed by atoms with Crippen LogP contribution in [0.25, 0.3) is 11.3 Å². The van der Waals surface area contributed by atoms with Gasteiger partial charge in [-0.25, -0.2) is 0 Å². The monoisotopic (exact) mass is 245 g/mol. The van der Waals surface area contributed by atoms with E-state index < -0.39 is 0 Å². The zero-order chi connectivity index (χ0) is 11.8. The summed E-state index contributed by atoms with van der Waals surface area (Å²) >= 11 is 1.58. The van der Waals surface area contributed by atoms with Gasteiger partial charge in [-0.3, -0.25) is 9.36 Å². The van der Waals surface area contributed by atoms with Crippen LogP contribution < -0.4 is 5.56 Å². The molecule has 0 saturated heterocycles. The average molecular weight is 245 g/mol. The third-order valence-electron chi connectivity index (χ3n) is 2.79. The number of thioether (sulfide) groups is 1. The van der Waals surface area contributed by atoms with Gasteiger partial charge < -0.3 is 0 Å². The van der Waals surface area contributed by atoms with Gasteiger partial charge in [0, 0.05) is 17.9 Å². The van der Waals surface area contributed by atoms with E-state index in [1.165, 1.54) is 5.56 Å². The van der Waals surface area contributed by atoms with Crippen molar-refractivity contribution in [3.63, 3.8) is 0 Å². The number of aromatic nitrogens is 3. The molecular formula is C12H11N3OS. The van der Waals surface area contributed by atoms with E-state index in [1.54, 1.807) is 16.3 Å². The molecule has 4 nitrogen and oxygen atoms in total. The number of aryl methyl sites for hydroxylation is 1. The molecule has 0 saturated carbocycles. The molecule has 1 aromatic heterocycles. The number of hydrogen-bond acceptors (Lipinski definition) is 4. The van der Waals surface area contributed by atoms with Crippen LogP contribution in [0, 0.1) is 6.92 Å². The van der Waals surface area contributed by atoms with Crippen molar-refractivity contribution in [3.05, 3.63) is 40.2 Å². The molecule has 2 aromatic rings. The predicted molar refractivity (Wildman–Crippen MR) is 67.2 cm³/mol. The van der Waals surface area contributed by atoms with Gasteiger partial charge in [0.2, 0.25) is 0 Å². The Bertz CT molecular complexity index is 619. The van der Waals surface area contributed by atoms with E-state index in [0.29, 0.717) is 5.69 Å². The highest BCUT2D eigenvalue weighted by molar-refractivity contribution is 7.99. The predicted octanol–water partition coefficient (Wildman–Crippen LogP) is 1.72. The van der Waals surface area contributed by atoms with Crippen LogP contribution in [-0.4, -0.2) is 20.5 Å². The smallest absolute Gasteiger partial charge is 0.281 e. The molecule has 0 atom stereocenters. The van der Waals surface area contributed by atoms with Crippen LogP contribution in [0.2, 0.25) is 0 Å². The normalized spacial score (nSPS) is 13.7. The van der Waals surface area contributed by atoms with Crippen molar-refractivity contribution in [1.82, 2.24) is 14.8 Å². The Balaban J connectivity index is 2.16. The summed E-state index contributed by atoms with van der Waals surface area (Å²) in [6.45, 7) is 2.74. The molecule has 1 aromatic carbocycles. The maximum absolute atomic E-state index is 12.2. The third kappa shape index (κ3) is 1.76. The summed E-state index contributed by atoms with van der Waals surface area (Å²) in [4.78, 5) is 12.2. The molecule has 0 N–H and O–H groups in total. The van der Waals surface area contributed by atoms with Gasteiger partial charge in [0.05, 0.1) is 0 Å². The number of rotatable bonds is 1. The summed E-state index contributed by atoms with van der Waals surface area (Å²) in [6.07, 6.45) is 0. The second-order valence-electron chi connectivity index (χ2n) is 4.00. The Kier molecular flexibility index (Phi) is 2.48. The molecule has 3 rings (SSSR count). The quantitative estimate of drug-likeness (QED) is 0.767. The van der Waals surface area contributed by atoms with Crippen molar-refractivity contribution < 1.29 is 0 Å². The lowest BCUT2D eigenvalue weighted by Gasteiger charge is -2.04. The number of hydrogen-bond donors (Lipinski definition) is 0. The molecule has 5 heteroatoms. The number of benzene rings is 1. The Morgan fingerprint density at radius 3 is 2.76 bits per heavy atom. The largest absolute Gasteiger partial charge is 0.283 e. The molecule has 1 aliphatic heterocycles. The highest BCUT2D eigenvalue weighted by Crippen LogP contribution is 2.21. The van der Waals surface area contributed by atoms with Crippen LogP contribution in [0.15, 0.2) is 34.2 Å². The van der Waals surface area contributed by atoms with Crippen LogP contribution >= 0.6 is 11.8 Å². The minimum atomic E-state index is -0.0381. The molecule has 1 aliphatic rings. The molecule has 0 amide bonds. The maximum atomic E-state index is 12.2. The van der Waals surface area contributed by atoms with Gasteiger partial charge in [-0.05, 0) is 6.92 Å². The SMILES string of the molecule is Cc1ccc(-c2nnc3n(c2=O)CCS3)cc1. The molecule has 86 valence electrons. The van der Waals surface area contributed by atoms with E-state index in [-0.39, 0.29) is 5.56 Å². The average Bonchev–Trinajstić information content (AvgIpc) is 2.80. The van der Waals surface area contributed by atoms with Gasteiger partial charge in [0.1, 0.15) is 0 Å². The Labute approximate surface area is 103 Å². The standard InChI is InChI=1S/C12H11N3OS/c1-8-2-4-9(5-3-8)10-11(16)15-6-7-17-12(15)14-13-10/h2-5H,6-7H2,1H3. The van der Waals surface area contributed by atoms with Crippen molar-refractivity contribution in [1.29, 1.82) is 0 Å². The van der Waals surface area contributed by atoms with Crippen molar-refractivity contribution in [3.8, 4) is 11.3 Å². The first-order valence-corrected chi connectivity index (χ1v) is 6.41. The maximum Gasteiger partial charge on any atom is 0.281 e. The molecule has 0 radical (unpaired) electrons. The van der Waals surface area contributed by atoms with Crippen molar-refractivity contribution in [2.24, 2.45) is 0 Å². The van der Waals surface area contributed by atoms with Crippen LogP contribution in [0.1, 0.15) is 5.56 Å². The molecule has 0 spiro atoms. The first-order chi connectivity index (χ1) is 8.25. The molecule has 0 unspecified atom stereocenters. The highest BCUT2D eigenvalue weighted by atomic mass is 32.2. The Morgan fingerprint density at radius 2 is 2.00 bits per heavy atom. The molecule has 2 heterocycles. The lowest BCUT2D eigenvalue weighted by molar-refractivity contribution is 0.626. The second kappa shape index (κ2) is 4.00. The van der Waals surface area contributed by atoms with Gasteiger partial charge in [-0.15, -0.1) is 10.2 Å². The molecule has 17 heavy (non-hydrogen) atoms. The fraction of sp³-hybridized carbons (Fsp3) is 0.250. The minimum absolute atomic E-state index is 0.0381. The van der Waals surface area contributed by atoms with Gasteiger partial charge in [0.25, 0.3) is 5.56 Å².